The SMILES string of the molecule is CC(OP(=O)(O)OP(=O)([O-])OP(=O)([O-])OCC1OC(n2cnc3c(=O)[nH]c(N)nc32)C(O)C1O)c1ccccc1[N+](=O)[O-].[Na+].[Na+]. The number of nitro groups is 1. The van der Waals surface area contributed by atoms with Crippen LogP contribution in [0, 0.1) is 10.1 Å². The molecule has 2 aromatic heterocycles. The van der Waals surface area contributed by atoms with Crippen LogP contribution < -0.4 is 80.2 Å². The standard InChI is InChI=1S/C18H23N6O16P3.2Na/c1-8(9-4-2-3-5-10(9)24(28)29)38-42(32,33)40-43(34,35)39-41(30,31)36-6-11-13(25)14(26)17(37-11)23-7-20-12-15(23)21-18(19)22-16(12)27;;/h2-5,7-8,11,13-14,17,25-26H,6H2,1H3,(H,30,31)(H,32,33)(H,34,35)(H3,19,21,22,27);;/q;2*+1/p-2. The minimum atomic E-state index is -6.23. The molecule has 8 atom stereocenters. The molecule has 3 aromatic rings. The van der Waals surface area contributed by atoms with Crippen LogP contribution in [0.1, 0.15) is 24.8 Å². The maximum atomic E-state index is 12.2. The molecule has 0 amide bonds. The van der Waals surface area contributed by atoms with Gasteiger partial charge in [-0.3, -0.25) is 38.1 Å². The summed E-state index contributed by atoms with van der Waals surface area (Å²) < 4.78 is 59.5. The molecule has 0 bridgehead atoms. The van der Waals surface area contributed by atoms with E-state index in [0.717, 1.165) is 30.0 Å². The molecule has 1 aliphatic heterocycles. The van der Waals surface area contributed by atoms with Gasteiger partial charge >= 0.3 is 66.9 Å². The molecule has 1 aromatic carbocycles. The van der Waals surface area contributed by atoms with Crippen molar-refractivity contribution < 1.29 is 125 Å². The number of rotatable bonds is 12. The first-order chi connectivity index (χ1) is 19.9. The molecule has 0 aliphatic carbocycles. The van der Waals surface area contributed by atoms with Gasteiger partial charge in [-0.2, -0.15) is 4.98 Å². The van der Waals surface area contributed by atoms with Crippen molar-refractivity contribution in [1.82, 2.24) is 19.5 Å². The number of aromatic nitrogens is 4. The zero-order valence-electron chi connectivity index (χ0n) is 23.3. The van der Waals surface area contributed by atoms with Crippen LogP contribution in [-0.2, 0) is 36.1 Å². The molecule has 0 radical (unpaired) electrons. The van der Waals surface area contributed by atoms with Crippen LogP contribution in [0.3, 0.4) is 0 Å². The van der Waals surface area contributed by atoms with Crippen LogP contribution >= 0.6 is 23.5 Å². The molecule has 1 saturated heterocycles. The number of nitrogens with two attached hydrogens (primary N) is 1. The van der Waals surface area contributed by atoms with E-state index in [1.165, 1.54) is 12.1 Å². The summed E-state index contributed by atoms with van der Waals surface area (Å²) in [5, 5.41) is 31.9. The average Bonchev–Trinajstić information content (AvgIpc) is 3.41. The summed E-state index contributed by atoms with van der Waals surface area (Å²) in [5.74, 6) is -0.311. The Morgan fingerprint density at radius 3 is 2.44 bits per heavy atom. The van der Waals surface area contributed by atoms with Crippen LogP contribution in [0.25, 0.3) is 11.2 Å². The van der Waals surface area contributed by atoms with Crippen molar-refractivity contribution in [1.29, 1.82) is 0 Å². The number of ether oxygens (including phenoxy) is 1. The third-order valence-corrected chi connectivity index (χ3v) is 10.00. The number of fused-ring (bicyclic) bond motifs is 1. The number of nitrogens with one attached hydrogen (secondary N) is 1. The minimum Gasteiger partial charge on any atom is -0.756 e. The van der Waals surface area contributed by atoms with Crippen LogP contribution in [0.2, 0.25) is 0 Å². The van der Waals surface area contributed by atoms with E-state index in [-0.39, 0.29) is 81.8 Å². The van der Waals surface area contributed by atoms with Gasteiger partial charge in [0.15, 0.2) is 17.4 Å². The number of nitrogen functional groups attached to an aromatic ring is 1. The topological polar surface area (TPSA) is 337 Å². The normalized spacial score (nSPS) is 24.4. The molecule has 0 saturated carbocycles. The maximum absolute atomic E-state index is 12.2. The van der Waals surface area contributed by atoms with Crippen molar-refractivity contribution in [2.45, 2.75) is 37.6 Å². The number of phosphoric ester groups is 2. The number of aromatic amines is 1. The molecule has 6 N–H and O–H groups in total. The fraction of sp³-hybridized carbons (Fsp3) is 0.389. The number of para-hydroxylation sites is 1. The summed E-state index contributed by atoms with van der Waals surface area (Å²) in [5.41, 5.74) is 3.64. The molecule has 1 aliphatic rings. The molecular weight excluding hydrogens is 695 g/mol. The number of benzene rings is 1. The number of anilines is 1. The number of nitrogens with zero attached hydrogens (tertiary/aromatic N) is 4. The Hall–Kier alpha value is -0.940. The van der Waals surface area contributed by atoms with Crippen LogP contribution in [0.4, 0.5) is 11.6 Å². The molecule has 4 rings (SSSR count). The summed E-state index contributed by atoms with van der Waals surface area (Å²) in [6, 6.07) is 4.82. The molecule has 1 fully saturated rings. The average molecular weight is 716 g/mol. The largest absolute Gasteiger partial charge is 1.00 e. The Bertz CT molecular complexity index is 1740. The van der Waals surface area contributed by atoms with E-state index >= 15 is 0 Å². The quantitative estimate of drug-likeness (QED) is 0.0503. The van der Waals surface area contributed by atoms with Gasteiger partial charge in [0, 0.05) is 6.07 Å². The van der Waals surface area contributed by atoms with E-state index in [1.807, 2.05) is 0 Å². The number of aliphatic hydroxyl groups is 2. The van der Waals surface area contributed by atoms with Crippen molar-refractivity contribution in [3.8, 4) is 0 Å². The first-order valence-corrected chi connectivity index (χ1v) is 16.0. The van der Waals surface area contributed by atoms with Crippen molar-refractivity contribution in [2.24, 2.45) is 0 Å². The van der Waals surface area contributed by atoms with Gasteiger partial charge in [0.05, 0.1) is 29.5 Å². The van der Waals surface area contributed by atoms with Crippen molar-refractivity contribution in [2.75, 3.05) is 12.3 Å². The van der Waals surface area contributed by atoms with Gasteiger partial charge < -0.3 is 39.9 Å². The van der Waals surface area contributed by atoms with Crippen molar-refractivity contribution in [3.05, 3.63) is 56.6 Å². The molecule has 3 heterocycles. The van der Waals surface area contributed by atoms with Gasteiger partial charge in [-0.1, -0.05) is 12.1 Å². The molecule has 8 unspecified atom stereocenters. The van der Waals surface area contributed by atoms with E-state index in [9.17, 15) is 53.5 Å². The van der Waals surface area contributed by atoms with Crippen LogP contribution in [-0.4, -0.2) is 64.5 Å². The third-order valence-electron chi connectivity index (χ3n) is 5.72. The molecule has 45 heavy (non-hydrogen) atoms. The predicted molar refractivity (Wildman–Crippen MR) is 134 cm³/mol. The second kappa shape index (κ2) is 15.5. The summed E-state index contributed by atoms with van der Waals surface area (Å²) in [7, 11) is -17.8. The Kier molecular flexibility index (Phi) is 13.9. The fourth-order valence-corrected chi connectivity index (χ4v) is 7.51. The number of H-pyrrole nitrogens is 1. The predicted octanol–water partition coefficient (Wildman–Crippen LogP) is -6.90. The number of hydrogen-bond acceptors (Lipinski definition) is 18. The van der Waals surface area contributed by atoms with Crippen molar-refractivity contribution >= 4 is 46.3 Å². The fourth-order valence-electron chi connectivity index (χ4n) is 3.95. The monoisotopic (exact) mass is 716 g/mol. The second-order valence-corrected chi connectivity index (χ2v) is 13.2. The van der Waals surface area contributed by atoms with E-state index < -0.39 is 76.9 Å². The van der Waals surface area contributed by atoms with Crippen molar-refractivity contribution in [3.63, 3.8) is 0 Å². The Labute approximate surface area is 295 Å². The van der Waals surface area contributed by atoms with E-state index in [4.69, 9.17) is 10.5 Å². The molecule has 27 heteroatoms. The summed E-state index contributed by atoms with van der Waals surface area (Å²) in [6.07, 6.45) is -7.33. The zero-order chi connectivity index (χ0) is 31.9. The Morgan fingerprint density at radius 1 is 1.16 bits per heavy atom. The Balaban J connectivity index is 0.00000353. The van der Waals surface area contributed by atoms with Gasteiger partial charge in [0.25, 0.3) is 26.9 Å². The molecule has 22 nitrogen and oxygen atoms in total. The van der Waals surface area contributed by atoms with Crippen LogP contribution in [0.5, 0.6) is 0 Å². The molecule has 0 spiro atoms. The second-order valence-electron chi connectivity index (χ2n) is 8.71. The number of aliphatic hydroxyl groups excluding tert-OH is 2. The summed E-state index contributed by atoms with van der Waals surface area (Å²) in [4.78, 5) is 66.3. The minimum absolute atomic E-state index is 0. The zero-order valence-corrected chi connectivity index (χ0v) is 30.0. The Morgan fingerprint density at radius 2 is 1.80 bits per heavy atom. The van der Waals surface area contributed by atoms with Gasteiger partial charge in [-0.15, -0.1) is 0 Å². The first kappa shape index (κ1) is 40.2. The molecular formula is C18H21N6Na2O16P3. The summed E-state index contributed by atoms with van der Waals surface area (Å²) in [6.45, 7) is -0.0999. The number of imidazole rings is 1. The van der Waals surface area contributed by atoms with Gasteiger partial charge in [0.2, 0.25) is 5.95 Å². The summed E-state index contributed by atoms with van der Waals surface area (Å²) >= 11 is 0. The van der Waals surface area contributed by atoms with E-state index in [0.29, 0.717) is 0 Å². The van der Waals surface area contributed by atoms with E-state index in [1.54, 1.807) is 0 Å². The van der Waals surface area contributed by atoms with Gasteiger partial charge in [0.1, 0.15) is 18.3 Å². The van der Waals surface area contributed by atoms with Gasteiger partial charge in [-0.25, -0.2) is 18.2 Å². The number of hydrogen-bond donors (Lipinski definition) is 5. The third kappa shape index (κ3) is 9.80. The number of phosphoric acid groups is 3. The smallest absolute Gasteiger partial charge is 0.756 e. The number of nitro benzene ring substituents is 1. The van der Waals surface area contributed by atoms with Crippen LogP contribution in [0.15, 0.2) is 35.4 Å². The first-order valence-electron chi connectivity index (χ1n) is 11.6. The van der Waals surface area contributed by atoms with Gasteiger partial charge in [-0.05, 0) is 13.0 Å². The van der Waals surface area contributed by atoms with E-state index in [2.05, 4.69) is 32.6 Å². The maximum Gasteiger partial charge on any atom is 1.00 e. The molecule has 236 valence electrons.